The van der Waals surface area contributed by atoms with E-state index >= 15 is 0 Å². The number of hydrogen-bond acceptors (Lipinski definition) is 3. The number of fused-ring (bicyclic) bond motifs is 1. The number of thioether (sulfide) groups is 1. The van der Waals surface area contributed by atoms with E-state index in [1.54, 1.807) is 0 Å². The van der Waals surface area contributed by atoms with Crippen molar-refractivity contribution in [3.05, 3.63) is 29.8 Å². The summed E-state index contributed by atoms with van der Waals surface area (Å²) in [6.07, 6.45) is 0.392. The normalized spacial score (nSPS) is 17.6. The molecule has 0 saturated carbocycles. The van der Waals surface area contributed by atoms with Gasteiger partial charge in [-0.15, -0.1) is 11.8 Å². The highest BCUT2D eigenvalue weighted by Crippen LogP contribution is 2.32. The number of carboxylic acid groups (broad SMARTS) is 1. The van der Waals surface area contributed by atoms with E-state index in [-0.39, 0.29) is 5.91 Å². The van der Waals surface area contributed by atoms with Gasteiger partial charge in [0.15, 0.2) is 0 Å². The molecular weight excluding hydrogens is 262 g/mol. The van der Waals surface area contributed by atoms with Gasteiger partial charge in [0, 0.05) is 12.1 Å². The van der Waals surface area contributed by atoms with Crippen molar-refractivity contribution in [3.63, 3.8) is 0 Å². The fourth-order valence-electron chi connectivity index (χ4n) is 2.20. The van der Waals surface area contributed by atoms with Gasteiger partial charge in [-0.1, -0.05) is 32.0 Å². The first kappa shape index (κ1) is 13.9. The number of carboxylic acids is 1. The minimum Gasteiger partial charge on any atom is -0.480 e. The Morgan fingerprint density at radius 2 is 2.11 bits per heavy atom. The third-order valence-corrected chi connectivity index (χ3v) is 4.15. The summed E-state index contributed by atoms with van der Waals surface area (Å²) in [5.41, 5.74) is 1.67. The zero-order valence-electron chi connectivity index (χ0n) is 11.0. The number of anilines is 1. The van der Waals surface area contributed by atoms with Gasteiger partial charge in [0.2, 0.25) is 5.91 Å². The summed E-state index contributed by atoms with van der Waals surface area (Å²) in [6, 6.07) is 6.63. The zero-order chi connectivity index (χ0) is 14.0. The van der Waals surface area contributed by atoms with E-state index in [4.69, 9.17) is 0 Å². The van der Waals surface area contributed by atoms with Crippen LogP contribution in [0.1, 0.15) is 19.4 Å². The Morgan fingerprint density at radius 3 is 2.74 bits per heavy atom. The molecule has 4 nitrogen and oxygen atoms in total. The van der Waals surface area contributed by atoms with Crippen LogP contribution in [-0.2, 0) is 16.0 Å². The lowest BCUT2D eigenvalue weighted by atomic mass is 10.1. The Balaban J connectivity index is 2.24. The van der Waals surface area contributed by atoms with Gasteiger partial charge in [0.25, 0.3) is 0 Å². The molecular formula is C14H17NO3S. The first-order chi connectivity index (χ1) is 9.00. The standard InChI is InChI=1S/C14H17NO3S/c1-9(2)19-8-13(16)15-11-6-4-3-5-10(11)7-12(15)14(17)18/h3-6,9,12H,7-8H2,1-2H3,(H,17,18)/t12-/m0/s1. The van der Waals surface area contributed by atoms with Crippen molar-refractivity contribution in [2.45, 2.75) is 31.6 Å². The largest absolute Gasteiger partial charge is 0.480 e. The summed E-state index contributed by atoms with van der Waals surface area (Å²) in [4.78, 5) is 25.0. The molecule has 1 amide bonds. The third kappa shape index (κ3) is 2.92. The van der Waals surface area contributed by atoms with E-state index in [0.29, 0.717) is 17.4 Å². The predicted molar refractivity (Wildman–Crippen MR) is 76.6 cm³/mol. The molecule has 1 aromatic carbocycles. The van der Waals surface area contributed by atoms with Crippen LogP contribution in [0.4, 0.5) is 5.69 Å². The molecule has 1 atom stereocenters. The molecule has 0 saturated heterocycles. The number of rotatable bonds is 4. The first-order valence-corrected chi connectivity index (χ1v) is 7.30. The number of nitrogens with zero attached hydrogens (tertiary/aromatic N) is 1. The fraction of sp³-hybridized carbons (Fsp3) is 0.429. The van der Waals surface area contributed by atoms with Crippen molar-refractivity contribution in [3.8, 4) is 0 Å². The summed E-state index contributed by atoms with van der Waals surface area (Å²) in [5, 5.41) is 9.63. The summed E-state index contributed by atoms with van der Waals surface area (Å²) in [7, 11) is 0. The predicted octanol–water partition coefficient (Wildman–Crippen LogP) is 2.17. The minimum absolute atomic E-state index is 0.129. The second-order valence-electron chi connectivity index (χ2n) is 4.81. The lowest BCUT2D eigenvalue weighted by Crippen LogP contribution is -2.43. The lowest BCUT2D eigenvalue weighted by Gasteiger charge is -2.22. The van der Waals surface area contributed by atoms with Crippen LogP contribution in [0, 0.1) is 0 Å². The lowest BCUT2D eigenvalue weighted by molar-refractivity contribution is -0.139. The van der Waals surface area contributed by atoms with E-state index in [0.717, 1.165) is 11.3 Å². The van der Waals surface area contributed by atoms with Crippen molar-refractivity contribution in [1.29, 1.82) is 0 Å². The minimum atomic E-state index is -0.945. The molecule has 2 rings (SSSR count). The number of carbonyl (C=O) groups is 2. The van der Waals surface area contributed by atoms with Gasteiger partial charge >= 0.3 is 5.97 Å². The van der Waals surface area contributed by atoms with Crippen molar-refractivity contribution in [2.75, 3.05) is 10.7 Å². The third-order valence-electron chi connectivity index (χ3n) is 3.07. The van der Waals surface area contributed by atoms with Crippen LogP contribution in [0.5, 0.6) is 0 Å². The molecule has 1 aliphatic heterocycles. The Bertz CT molecular complexity index is 501. The zero-order valence-corrected chi connectivity index (χ0v) is 11.8. The van der Waals surface area contributed by atoms with E-state index < -0.39 is 12.0 Å². The van der Waals surface area contributed by atoms with Gasteiger partial charge in [-0.25, -0.2) is 4.79 Å². The van der Waals surface area contributed by atoms with Crippen LogP contribution >= 0.6 is 11.8 Å². The highest BCUT2D eigenvalue weighted by atomic mass is 32.2. The highest BCUT2D eigenvalue weighted by molar-refractivity contribution is 8.00. The molecule has 5 heteroatoms. The Labute approximate surface area is 116 Å². The van der Waals surface area contributed by atoms with E-state index in [1.165, 1.54) is 16.7 Å². The summed E-state index contributed by atoms with van der Waals surface area (Å²) in [5.74, 6) is -0.759. The molecule has 1 aliphatic rings. The molecule has 102 valence electrons. The molecule has 0 unspecified atom stereocenters. The van der Waals surface area contributed by atoms with Crippen LogP contribution in [0.15, 0.2) is 24.3 Å². The average Bonchev–Trinajstić information content (AvgIpc) is 2.75. The highest BCUT2D eigenvalue weighted by Gasteiger charge is 2.37. The quantitative estimate of drug-likeness (QED) is 0.917. The van der Waals surface area contributed by atoms with Crippen molar-refractivity contribution in [2.24, 2.45) is 0 Å². The molecule has 1 N–H and O–H groups in total. The molecule has 0 spiro atoms. The van der Waals surface area contributed by atoms with Crippen molar-refractivity contribution < 1.29 is 14.7 Å². The Hall–Kier alpha value is -1.49. The molecule has 19 heavy (non-hydrogen) atoms. The van der Waals surface area contributed by atoms with Crippen LogP contribution in [-0.4, -0.2) is 34.0 Å². The van der Waals surface area contributed by atoms with Crippen LogP contribution in [0.3, 0.4) is 0 Å². The topological polar surface area (TPSA) is 57.6 Å². The second-order valence-corrected chi connectivity index (χ2v) is 6.38. The van der Waals surface area contributed by atoms with Gasteiger partial charge < -0.3 is 5.11 Å². The van der Waals surface area contributed by atoms with Gasteiger partial charge in [0.05, 0.1) is 5.75 Å². The van der Waals surface area contributed by atoms with E-state index in [1.807, 2.05) is 38.1 Å². The molecule has 1 heterocycles. The van der Waals surface area contributed by atoms with E-state index in [2.05, 4.69) is 0 Å². The van der Waals surface area contributed by atoms with E-state index in [9.17, 15) is 14.7 Å². The van der Waals surface area contributed by atoms with Crippen molar-refractivity contribution >= 4 is 29.3 Å². The summed E-state index contributed by atoms with van der Waals surface area (Å²) < 4.78 is 0. The monoisotopic (exact) mass is 279 g/mol. The van der Waals surface area contributed by atoms with Gasteiger partial charge in [0.1, 0.15) is 6.04 Å². The van der Waals surface area contributed by atoms with Crippen LogP contribution in [0.2, 0.25) is 0 Å². The summed E-state index contributed by atoms with van der Waals surface area (Å²) >= 11 is 1.53. The Morgan fingerprint density at radius 1 is 1.42 bits per heavy atom. The smallest absolute Gasteiger partial charge is 0.327 e. The average molecular weight is 279 g/mol. The summed E-state index contributed by atoms with van der Waals surface area (Å²) in [6.45, 7) is 4.04. The number of para-hydroxylation sites is 1. The van der Waals surface area contributed by atoms with Gasteiger partial charge in [-0.05, 0) is 16.9 Å². The Kier molecular flexibility index (Phi) is 4.14. The molecule has 0 radical (unpaired) electrons. The maximum Gasteiger partial charge on any atom is 0.327 e. The molecule has 0 bridgehead atoms. The molecule has 0 aromatic heterocycles. The first-order valence-electron chi connectivity index (χ1n) is 6.25. The number of carbonyl (C=O) groups excluding carboxylic acids is 1. The van der Waals surface area contributed by atoms with Gasteiger partial charge in [-0.3, -0.25) is 9.69 Å². The number of aliphatic carboxylic acids is 1. The number of amides is 1. The van der Waals surface area contributed by atoms with Crippen LogP contribution in [0.25, 0.3) is 0 Å². The molecule has 0 aliphatic carbocycles. The SMILES string of the molecule is CC(C)SCC(=O)N1c2ccccc2C[C@H]1C(=O)O. The molecule has 1 aromatic rings. The second kappa shape index (κ2) is 5.65. The maximum absolute atomic E-state index is 12.3. The van der Waals surface area contributed by atoms with Gasteiger partial charge in [-0.2, -0.15) is 0 Å². The fourth-order valence-corrected chi connectivity index (χ4v) is 2.81. The van der Waals surface area contributed by atoms with Crippen LogP contribution < -0.4 is 4.90 Å². The molecule has 0 fully saturated rings. The number of benzene rings is 1. The van der Waals surface area contributed by atoms with Crippen molar-refractivity contribution in [1.82, 2.24) is 0 Å². The maximum atomic E-state index is 12.3. The number of hydrogen-bond donors (Lipinski definition) is 1.